The molecule has 2 aromatic carbocycles. The summed E-state index contributed by atoms with van der Waals surface area (Å²) in [6, 6.07) is 8.71. The second kappa shape index (κ2) is 10.8. The number of alkyl halides is 3. The van der Waals surface area contributed by atoms with Gasteiger partial charge < -0.3 is 15.7 Å². The van der Waals surface area contributed by atoms with Crippen LogP contribution in [0.25, 0.3) is 0 Å². The van der Waals surface area contributed by atoms with Crippen LogP contribution in [0.15, 0.2) is 49.8 Å². The Labute approximate surface area is 205 Å². The van der Waals surface area contributed by atoms with E-state index in [9.17, 15) is 27.3 Å². The third-order valence-electron chi connectivity index (χ3n) is 4.22. The zero-order chi connectivity index (χ0) is 23.4. The van der Waals surface area contributed by atoms with Crippen LogP contribution in [0.3, 0.4) is 0 Å². The van der Waals surface area contributed by atoms with Crippen LogP contribution < -0.4 is 10.6 Å². The van der Waals surface area contributed by atoms with Gasteiger partial charge in [-0.2, -0.15) is 13.2 Å². The fourth-order valence-corrected chi connectivity index (χ4v) is 4.90. The average Bonchev–Trinajstić information content (AvgIpc) is 2.63. The van der Waals surface area contributed by atoms with E-state index >= 15 is 0 Å². The Bertz CT molecular complexity index is 971. The summed E-state index contributed by atoms with van der Waals surface area (Å²) in [5, 5.41) is 15.8. The number of rotatable bonds is 8. The zero-order valence-corrected chi connectivity index (χ0v) is 21.6. The van der Waals surface area contributed by atoms with E-state index in [2.05, 4.69) is 58.4 Å². The highest BCUT2D eigenvalue weighted by Gasteiger charge is 2.55. The number of carbonyl (C=O) groups excluding carboxylic acids is 1. The van der Waals surface area contributed by atoms with Crippen molar-refractivity contribution < 1.29 is 27.3 Å². The molecule has 0 aliphatic heterocycles. The fraction of sp³-hybridized carbons (Fsp3) is 0.316. The van der Waals surface area contributed by atoms with Crippen molar-refractivity contribution in [1.29, 1.82) is 0 Å². The van der Waals surface area contributed by atoms with Crippen LogP contribution in [0.2, 0.25) is 0 Å². The van der Waals surface area contributed by atoms with Gasteiger partial charge in [0.25, 0.3) is 0 Å². The van der Waals surface area contributed by atoms with Gasteiger partial charge in [-0.15, -0.1) is 0 Å². The number of amides is 1. The van der Waals surface area contributed by atoms with Gasteiger partial charge in [-0.25, -0.2) is 0 Å². The van der Waals surface area contributed by atoms with E-state index in [0.717, 1.165) is 0 Å². The monoisotopic (exact) mass is 648 g/mol. The minimum Gasteiger partial charge on any atom is -0.381 e. The van der Waals surface area contributed by atoms with Crippen molar-refractivity contribution in [3.63, 3.8) is 0 Å². The maximum absolute atomic E-state index is 13.8. The molecule has 2 rings (SSSR count). The van der Waals surface area contributed by atoms with Gasteiger partial charge in [-0.3, -0.25) is 9.00 Å². The fourth-order valence-electron chi connectivity index (χ4n) is 2.62. The van der Waals surface area contributed by atoms with E-state index in [-0.39, 0.29) is 23.8 Å². The summed E-state index contributed by atoms with van der Waals surface area (Å²) in [5.74, 6) is -0.482. The molecule has 0 aliphatic rings. The van der Waals surface area contributed by atoms with Crippen molar-refractivity contribution >= 4 is 70.2 Å². The summed E-state index contributed by atoms with van der Waals surface area (Å²) in [6.07, 6.45) is -3.51. The Hall–Kier alpha value is -0.950. The lowest BCUT2D eigenvalue weighted by atomic mass is 9.93. The molecule has 1 amide bonds. The number of anilines is 1. The SMILES string of the molecule is C[S@@](=O)CC(=O)NCc1ccc(NC[C@@](O)(c2cc(Br)cc(Br)c2)C(F)(F)F)cc1Br. The topological polar surface area (TPSA) is 78.4 Å². The minimum atomic E-state index is -4.93. The van der Waals surface area contributed by atoms with E-state index < -0.39 is 29.1 Å². The van der Waals surface area contributed by atoms with Gasteiger partial charge in [0.15, 0.2) is 0 Å². The lowest BCUT2D eigenvalue weighted by Crippen LogP contribution is -2.47. The van der Waals surface area contributed by atoms with Crippen LogP contribution in [-0.4, -0.2) is 40.0 Å². The lowest BCUT2D eigenvalue weighted by molar-refractivity contribution is -0.260. The molecule has 3 N–H and O–H groups in total. The number of aliphatic hydroxyl groups is 1. The third kappa shape index (κ3) is 7.28. The molecule has 5 nitrogen and oxygen atoms in total. The molecular weight excluding hydrogens is 633 g/mol. The van der Waals surface area contributed by atoms with Crippen molar-refractivity contribution in [1.82, 2.24) is 5.32 Å². The van der Waals surface area contributed by atoms with Crippen LogP contribution in [0, 0.1) is 0 Å². The molecule has 2 aromatic rings. The highest BCUT2D eigenvalue weighted by Crippen LogP contribution is 2.41. The van der Waals surface area contributed by atoms with E-state index in [1.807, 2.05) is 0 Å². The summed E-state index contributed by atoms with van der Waals surface area (Å²) in [5.41, 5.74) is -2.43. The predicted molar refractivity (Wildman–Crippen MR) is 125 cm³/mol. The largest absolute Gasteiger partial charge is 0.423 e. The van der Waals surface area contributed by atoms with E-state index in [4.69, 9.17) is 0 Å². The predicted octanol–water partition coefficient (Wildman–Crippen LogP) is 4.83. The van der Waals surface area contributed by atoms with Crippen molar-refractivity contribution in [2.45, 2.75) is 18.3 Å². The summed E-state index contributed by atoms with van der Waals surface area (Å²) < 4.78 is 53.7. The Morgan fingerprint density at radius 2 is 1.71 bits per heavy atom. The van der Waals surface area contributed by atoms with E-state index in [0.29, 0.717) is 24.7 Å². The molecular formula is C19H18Br3F3N2O3S. The van der Waals surface area contributed by atoms with Crippen LogP contribution >= 0.6 is 47.8 Å². The minimum absolute atomic E-state index is 0.112. The van der Waals surface area contributed by atoms with E-state index in [1.165, 1.54) is 24.5 Å². The first kappa shape index (κ1) is 26.3. The van der Waals surface area contributed by atoms with E-state index in [1.54, 1.807) is 18.2 Å². The number of benzene rings is 2. The molecule has 31 heavy (non-hydrogen) atoms. The molecule has 170 valence electrons. The number of carbonyl (C=O) groups is 1. The molecule has 0 heterocycles. The van der Waals surface area contributed by atoms with Crippen molar-refractivity contribution in [3.05, 3.63) is 60.9 Å². The molecule has 0 aromatic heterocycles. The smallest absolute Gasteiger partial charge is 0.381 e. The molecule has 0 saturated heterocycles. The molecule has 12 heteroatoms. The summed E-state index contributed by atoms with van der Waals surface area (Å²) in [6.45, 7) is -0.653. The van der Waals surface area contributed by atoms with Crippen molar-refractivity contribution in [2.24, 2.45) is 0 Å². The summed E-state index contributed by atoms with van der Waals surface area (Å²) >= 11 is 9.61. The Kier molecular flexibility index (Phi) is 9.15. The number of hydrogen-bond donors (Lipinski definition) is 3. The van der Waals surface area contributed by atoms with Gasteiger partial charge in [-0.1, -0.05) is 53.9 Å². The zero-order valence-electron chi connectivity index (χ0n) is 16.0. The quantitative estimate of drug-likeness (QED) is 0.383. The molecule has 0 aliphatic carbocycles. The molecule has 2 atom stereocenters. The highest BCUT2D eigenvalue weighted by molar-refractivity contribution is 9.11. The first-order chi connectivity index (χ1) is 14.3. The average molecular weight is 651 g/mol. The van der Waals surface area contributed by atoms with Gasteiger partial charge in [0.2, 0.25) is 11.5 Å². The number of nitrogens with one attached hydrogen (secondary N) is 2. The normalized spacial score (nSPS) is 14.6. The van der Waals surface area contributed by atoms with Gasteiger partial charge in [0.05, 0.1) is 6.54 Å². The Balaban J connectivity index is 2.16. The molecule has 0 bridgehead atoms. The third-order valence-corrected chi connectivity index (χ3v) is 6.54. The summed E-state index contributed by atoms with van der Waals surface area (Å²) in [7, 11) is -1.26. The van der Waals surface area contributed by atoms with Crippen molar-refractivity contribution in [2.75, 3.05) is 23.9 Å². The molecule has 0 saturated carbocycles. The second-order valence-electron chi connectivity index (χ2n) is 6.67. The highest BCUT2D eigenvalue weighted by atomic mass is 79.9. The molecule has 0 fully saturated rings. The van der Waals surface area contributed by atoms with Gasteiger partial charge in [0.1, 0.15) is 5.75 Å². The maximum Gasteiger partial charge on any atom is 0.423 e. The Morgan fingerprint density at radius 3 is 2.23 bits per heavy atom. The van der Waals surface area contributed by atoms with Gasteiger partial charge >= 0.3 is 6.18 Å². The van der Waals surface area contributed by atoms with Crippen LogP contribution in [0.5, 0.6) is 0 Å². The standard InChI is InChI=1S/C19H18Br3F3N2O3S/c1-31(30)9-17(28)26-8-11-2-3-15(7-16(11)22)27-10-18(29,19(23,24)25)12-4-13(20)6-14(21)5-12/h2-7,27,29H,8-10H2,1H3,(H,26,28)/t18-,31-/m1/s1. The van der Waals surface area contributed by atoms with Crippen molar-refractivity contribution in [3.8, 4) is 0 Å². The van der Waals surface area contributed by atoms with Crippen LogP contribution in [0.1, 0.15) is 11.1 Å². The maximum atomic E-state index is 13.8. The molecule has 0 unspecified atom stereocenters. The summed E-state index contributed by atoms with van der Waals surface area (Å²) in [4.78, 5) is 11.6. The Morgan fingerprint density at radius 1 is 1.10 bits per heavy atom. The first-order valence-corrected chi connectivity index (χ1v) is 12.8. The molecule has 0 spiro atoms. The molecule has 0 radical (unpaired) electrons. The van der Waals surface area contributed by atoms with Crippen LogP contribution in [-0.2, 0) is 27.7 Å². The first-order valence-electron chi connectivity index (χ1n) is 8.66. The number of halogens is 6. The second-order valence-corrected chi connectivity index (χ2v) is 10.8. The number of hydrogen-bond acceptors (Lipinski definition) is 4. The lowest BCUT2D eigenvalue weighted by Gasteiger charge is -2.32. The van der Waals surface area contributed by atoms with Crippen LogP contribution in [0.4, 0.5) is 18.9 Å². The van der Waals surface area contributed by atoms with Gasteiger partial charge in [-0.05, 0) is 41.5 Å². The van der Waals surface area contributed by atoms with Gasteiger partial charge in [0, 0.05) is 42.7 Å².